The average molecular weight is 275 g/mol. The fourth-order valence-corrected chi connectivity index (χ4v) is 4.97. The molecule has 0 aromatic rings. The fourth-order valence-electron chi connectivity index (χ4n) is 2.87. The van der Waals surface area contributed by atoms with E-state index in [0.717, 1.165) is 25.9 Å². The number of piperazine rings is 1. The Kier molecular flexibility index (Phi) is 4.31. The van der Waals surface area contributed by atoms with E-state index in [9.17, 15) is 8.42 Å². The van der Waals surface area contributed by atoms with Crippen LogP contribution in [0.1, 0.15) is 26.7 Å². The third-order valence-electron chi connectivity index (χ3n) is 4.39. The molecule has 106 valence electrons. The highest BCUT2D eigenvalue weighted by Crippen LogP contribution is 2.23. The van der Waals surface area contributed by atoms with E-state index in [1.165, 1.54) is 0 Å². The Morgan fingerprint density at radius 3 is 2.06 bits per heavy atom. The molecule has 18 heavy (non-hydrogen) atoms. The Labute approximate surface area is 111 Å². The minimum Gasteiger partial charge on any atom is -0.317 e. The van der Waals surface area contributed by atoms with Gasteiger partial charge in [0, 0.05) is 25.2 Å². The summed E-state index contributed by atoms with van der Waals surface area (Å²) in [7, 11) is -1.03. The Bertz CT molecular complexity index is 367. The Morgan fingerprint density at radius 2 is 1.56 bits per heavy atom. The summed E-state index contributed by atoms with van der Waals surface area (Å²) in [4.78, 5) is 2.26. The number of hydrogen-bond acceptors (Lipinski definition) is 4. The van der Waals surface area contributed by atoms with Crippen LogP contribution in [0.2, 0.25) is 0 Å². The van der Waals surface area contributed by atoms with Gasteiger partial charge in [-0.3, -0.25) is 4.90 Å². The summed E-state index contributed by atoms with van der Waals surface area (Å²) < 4.78 is 27.0. The van der Waals surface area contributed by atoms with Crippen molar-refractivity contribution < 1.29 is 8.42 Å². The van der Waals surface area contributed by atoms with Gasteiger partial charge in [-0.15, -0.1) is 0 Å². The summed E-state index contributed by atoms with van der Waals surface area (Å²) in [6, 6.07) is 0.593. The molecule has 0 radical (unpaired) electrons. The molecule has 0 spiro atoms. The molecule has 2 aliphatic heterocycles. The normalized spacial score (nSPS) is 33.7. The smallest absolute Gasteiger partial charge is 0.217 e. The third kappa shape index (κ3) is 2.71. The van der Waals surface area contributed by atoms with Gasteiger partial charge in [0.25, 0.3) is 0 Å². The lowest BCUT2D eigenvalue weighted by Gasteiger charge is -2.43. The Balaban J connectivity index is 2.10. The molecule has 2 rings (SSSR count). The summed E-state index contributed by atoms with van der Waals surface area (Å²) >= 11 is 0. The zero-order valence-electron chi connectivity index (χ0n) is 11.6. The lowest BCUT2D eigenvalue weighted by atomic mass is 10.1. The summed E-state index contributed by atoms with van der Waals surface area (Å²) in [6.07, 6.45) is 1.49. The summed E-state index contributed by atoms with van der Waals surface area (Å²) in [5, 5.41) is 3.04. The van der Waals surface area contributed by atoms with Crippen LogP contribution in [0.25, 0.3) is 0 Å². The SMILES string of the molecule is CC1CN(S(=O)(=O)C2CCNCC2)CC(C)N1C. The number of rotatable bonds is 2. The van der Waals surface area contributed by atoms with Crippen LogP contribution in [0.5, 0.6) is 0 Å². The van der Waals surface area contributed by atoms with Gasteiger partial charge in [0.1, 0.15) is 0 Å². The lowest BCUT2D eigenvalue weighted by Crippen LogP contribution is -2.58. The monoisotopic (exact) mass is 275 g/mol. The highest BCUT2D eigenvalue weighted by molar-refractivity contribution is 7.89. The van der Waals surface area contributed by atoms with Crippen molar-refractivity contribution in [3.8, 4) is 0 Å². The molecule has 2 heterocycles. The molecule has 0 aromatic heterocycles. The molecule has 1 N–H and O–H groups in total. The van der Waals surface area contributed by atoms with Gasteiger partial charge in [-0.1, -0.05) is 0 Å². The molecular formula is C12H25N3O2S. The van der Waals surface area contributed by atoms with Crippen LogP contribution >= 0.6 is 0 Å². The largest absolute Gasteiger partial charge is 0.317 e. The van der Waals surface area contributed by atoms with E-state index in [1.54, 1.807) is 4.31 Å². The van der Waals surface area contributed by atoms with Crippen molar-refractivity contribution in [2.75, 3.05) is 33.2 Å². The fraction of sp³-hybridized carbons (Fsp3) is 1.00. The minimum atomic E-state index is -3.11. The molecule has 0 saturated carbocycles. The molecule has 5 nitrogen and oxygen atoms in total. The van der Waals surface area contributed by atoms with E-state index in [2.05, 4.69) is 31.1 Å². The second-order valence-corrected chi connectivity index (χ2v) is 7.89. The number of sulfonamides is 1. The van der Waals surface area contributed by atoms with Crippen molar-refractivity contribution in [1.82, 2.24) is 14.5 Å². The van der Waals surface area contributed by atoms with Gasteiger partial charge >= 0.3 is 0 Å². The van der Waals surface area contributed by atoms with Gasteiger partial charge in [0.15, 0.2) is 0 Å². The van der Waals surface area contributed by atoms with E-state index in [4.69, 9.17) is 0 Å². The Morgan fingerprint density at radius 1 is 1.06 bits per heavy atom. The van der Waals surface area contributed by atoms with E-state index in [1.807, 2.05) is 0 Å². The quantitative estimate of drug-likeness (QED) is 0.776. The summed E-state index contributed by atoms with van der Waals surface area (Å²) in [5.41, 5.74) is 0. The van der Waals surface area contributed by atoms with Crippen molar-refractivity contribution in [2.45, 2.75) is 44.0 Å². The van der Waals surface area contributed by atoms with Gasteiger partial charge in [0.2, 0.25) is 10.0 Å². The van der Waals surface area contributed by atoms with Gasteiger partial charge in [-0.2, -0.15) is 4.31 Å². The maximum Gasteiger partial charge on any atom is 0.217 e. The molecule has 6 heteroatoms. The first-order valence-electron chi connectivity index (χ1n) is 6.84. The number of likely N-dealkylation sites (N-methyl/N-ethyl adjacent to an activating group) is 1. The minimum absolute atomic E-state index is 0.179. The van der Waals surface area contributed by atoms with E-state index in [0.29, 0.717) is 25.2 Å². The van der Waals surface area contributed by atoms with Crippen LogP contribution in [0, 0.1) is 0 Å². The zero-order valence-corrected chi connectivity index (χ0v) is 12.4. The number of piperidine rings is 1. The predicted octanol–water partition coefficient (Wildman–Crippen LogP) is 0.0926. The highest BCUT2D eigenvalue weighted by atomic mass is 32.2. The topological polar surface area (TPSA) is 52.7 Å². The van der Waals surface area contributed by atoms with Gasteiger partial charge < -0.3 is 5.32 Å². The van der Waals surface area contributed by atoms with E-state index < -0.39 is 10.0 Å². The summed E-state index contributed by atoms with van der Waals surface area (Å²) in [6.45, 7) is 7.10. The maximum absolute atomic E-state index is 12.6. The molecule has 0 bridgehead atoms. The van der Waals surface area contributed by atoms with Crippen LogP contribution in [0.15, 0.2) is 0 Å². The van der Waals surface area contributed by atoms with Crippen LogP contribution < -0.4 is 5.32 Å². The van der Waals surface area contributed by atoms with Gasteiger partial charge in [-0.25, -0.2) is 8.42 Å². The maximum atomic E-state index is 12.6. The molecule has 2 aliphatic rings. The first-order chi connectivity index (χ1) is 8.43. The number of hydrogen-bond donors (Lipinski definition) is 1. The second-order valence-electron chi connectivity index (χ2n) is 5.67. The Hall–Kier alpha value is -0.170. The van der Waals surface area contributed by atoms with Crippen LogP contribution in [0.4, 0.5) is 0 Å². The number of nitrogens with zero attached hydrogens (tertiary/aromatic N) is 2. The van der Waals surface area contributed by atoms with Gasteiger partial charge in [0.05, 0.1) is 5.25 Å². The first-order valence-corrected chi connectivity index (χ1v) is 8.35. The summed E-state index contributed by atoms with van der Waals surface area (Å²) in [5.74, 6) is 0. The van der Waals surface area contributed by atoms with Crippen molar-refractivity contribution >= 4 is 10.0 Å². The van der Waals surface area contributed by atoms with Crippen LogP contribution in [-0.2, 0) is 10.0 Å². The van der Waals surface area contributed by atoms with Crippen molar-refractivity contribution in [3.63, 3.8) is 0 Å². The molecule has 2 saturated heterocycles. The molecule has 0 aliphatic carbocycles. The molecule has 0 aromatic carbocycles. The molecule has 2 fully saturated rings. The van der Waals surface area contributed by atoms with E-state index >= 15 is 0 Å². The third-order valence-corrected chi connectivity index (χ3v) is 6.73. The van der Waals surface area contributed by atoms with E-state index in [-0.39, 0.29) is 5.25 Å². The number of nitrogens with one attached hydrogen (secondary N) is 1. The van der Waals surface area contributed by atoms with Crippen LogP contribution in [0.3, 0.4) is 0 Å². The zero-order chi connectivity index (χ0) is 13.3. The van der Waals surface area contributed by atoms with Crippen LogP contribution in [-0.4, -0.2) is 68.2 Å². The predicted molar refractivity (Wildman–Crippen MR) is 73.1 cm³/mol. The average Bonchev–Trinajstić information content (AvgIpc) is 2.36. The first kappa shape index (κ1) is 14.2. The lowest BCUT2D eigenvalue weighted by molar-refractivity contribution is 0.104. The standard InChI is InChI=1S/C12H25N3O2S/c1-10-8-15(9-11(2)14(10)3)18(16,17)12-4-6-13-7-5-12/h10-13H,4-9H2,1-3H3. The van der Waals surface area contributed by atoms with Crippen molar-refractivity contribution in [1.29, 1.82) is 0 Å². The molecular weight excluding hydrogens is 250 g/mol. The highest BCUT2D eigenvalue weighted by Gasteiger charge is 2.38. The molecule has 2 unspecified atom stereocenters. The molecule has 2 atom stereocenters. The van der Waals surface area contributed by atoms with Gasteiger partial charge in [-0.05, 0) is 46.8 Å². The van der Waals surface area contributed by atoms with Crippen molar-refractivity contribution in [3.05, 3.63) is 0 Å². The second kappa shape index (κ2) is 5.45. The van der Waals surface area contributed by atoms with Crippen molar-refractivity contribution in [2.24, 2.45) is 0 Å². The molecule has 0 amide bonds.